The summed E-state index contributed by atoms with van der Waals surface area (Å²) in [5, 5.41) is 8.61. The second-order valence-corrected chi connectivity index (χ2v) is 2.98. The number of carboxylic acids is 1. The van der Waals surface area contributed by atoms with Crippen LogP contribution >= 0.6 is 0 Å². The Balaban J connectivity index is 4.63. The summed E-state index contributed by atoms with van der Waals surface area (Å²) in [6.07, 6.45) is 1.72. The predicted octanol–water partition coefficient (Wildman–Crippen LogP) is 0.786. The number of esters is 1. The van der Waals surface area contributed by atoms with Gasteiger partial charge in [0.2, 0.25) is 0 Å². The minimum absolute atomic E-state index is 0.0960. The van der Waals surface area contributed by atoms with Crippen molar-refractivity contribution in [1.29, 1.82) is 0 Å². The first-order chi connectivity index (χ1) is 7.04. The summed E-state index contributed by atoms with van der Waals surface area (Å²) < 4.78 is 4.43. The molecule has 5 heteroatoms. The van der Waals surface area contributed by atoms with Crippen LogP contribution in [0.1, 0.15) is 19.8 Å². The van der Waals surface area contributed by atoms with Crippen molar-refractivity contribution in [3.8, 4) is 0 Å². The lowest BCUT2D eigenvalue weighted by Crippen LogP contribution is -2.16. The summed E-state index contributed by atoms with van der Waals surface area (Å²) in [4.78, 5) is 32.1. The fraction of sp³-hybridized carbons (Fsp3) is 0.500. The summed E-state index contributed by atoms with van der Waals surface area (Å²) >= 11 is 0. The minimum Gasteiger partial charge on any atom is -0.481 e. The van der Waals surface area contributed by atoms with Gasteiger partial charge < -0.3 is 9.84 Å². The van der Waals surface area contributed by atoms with Gasteiger partial charge in [0, 0.05) is 5.92 Å². The van der Waals surface area contributed by atoms with Crippen LogP contribution in [0.2, 0.25) is 0 Å². The van der Waals surface area contributed by atoms with E-state index in [1.54, 1.807) is 6.92 Å². The molecule has 0 aliphatic rings. The molecule has 1 N–H and O–H groups in total. The first kappa shape index (κ1) is 13.4. The summed E-state index contributed by atoms with van der Waals surface area (Å²) in [6.45, 7) is 1.62. The Hall–Kier alpha value is -1.65. The maximum atomic E-state index is 11.0. The molecular formula is C10H14O5. The maximum absolute atomic E-state index is 11.0. The molecule has 0 heterocycles. The quantitative estimate of drug-likeness (QED) is 0.401. The van der Waals surface area contributed by atoms with Gasteiger partial charge in [0.25, 0.3) is 0 Å². The first-order valence-corrected chi connectivity index (χ1v) is 4.45. The molecule has 5 nitrogen and oxygen atoms in total. The highest BCUT2D eigenvalue weighted by molar-refractivity contribution is 5.80. The Labute approximate surface area is 87.7 Å². The topological polar surface area (TPSA) is 80.7 Å². The smallest absolute Gasteiger partial charge is 0.306 e. The highest BCUT2D eigenvalue weighted by Crippen LogP contribution is 2.18. The second kappa shape index (κ2) is 6.75. The van der Waals surface area contributed by atoms with E-state index in [9.17, 15) is 14.4 Å². The van der Waals surface area contributed by atoms with E-state index >= 15 is 0 Å². The van der Waals surface area contributed by atoms with Crippen LogP contribution in [0.4, 0.5) is 0 Å². The molecule has 0 spiro atoms. The number of carboxylic acid groups (broad SMARTS) is 1. The fourth-order valence-electron chi connectivity index (χ4n) is 1.20. The Kier molecular flexibility index (Phi) is 6.01. The highest BCUT2D eigenvalue weighted by atomic mass is 16.5. The number of hydrogen-bond acceptors (Lipinski definition) is 4. The van der Waals surface area contributed by atoms with E-state index in [2.05, 4.69) is 4.74 Å². The molecule has 0 saturated heterocycles. The lowest BCUT2D eigenvalue weighted by Gasteiger charge is -2.12. The summed E-state index contributed by atoms with van der Waals surface area (Å²) in [7, 11) is 1.22. The highest BCUT2D eigenvalue weighted by Gasteiger charge is 2.20. The van der Waals surface area contributed by atoms with Crippen molar-refractivity contribution in [2.45, 2.75) is 19.8 Å². The molecule has 0 aliphatic heterocycles. The molecule has 15 heavy (non-hydrogen) atoms. The molecule has 0 aromatic heterocycles. The van der Waals surface area contributed by atoms with Crippen LogP contribution in [0.3, 0.4) is 0 Å². The number of rotatable bonds is 6. The van der Waals surface area contributed by atoms with Crippen molar-refractivity contribution in [3.05, 3.63) is 11.6 Å². The Morgan fingerprint density at radius 1 is 1.40 bits per heavy atom. The Morgan fingerprint density at radius 3 is 2.33 bits per heavy atom. The molecule has 0 rings (SSSR count). The average molecular weight is 214 g/mol. The van der Waals surface area contributed by atoms with Gasteiger partial charge in [-0.25, -0.2) is 0 Å². The molecular weight excluding hydrogens is 200 g/mol. The monoisotopic (exact) mass is 214 g/mol. The van der Waals surface area contributed by atoms with Gasteiger partial charge >= 0.3 is 11.9 Å². The number of aldehydes is 1. The normalized spacial score (nSPS) is 13.1. The molecule has 1 atom stereocenters. The number of ether oxygens (including phenoxy) is 1. The summed E-state index contributed by atoms with van der Waals surface area (Å²) in [5.41, 5.74) is 0.308. The van der Waals surface area contributed by atoms with Crippen molar-refractivity contribution in [3.63, 3.8) is 0 Å². The molecule has 0 bridgehead atoms. The van der Waals surface area contributed by atoms with Gasteiger partial charge in [0.15, 0.2) is 0 Å². The van der Waals surface area contributed by atoms with Gasteiger partial charge in [0.1, 0.15) is 6.29 Å². The van der Waals surface area contributed by atoms with Crippen molar-refractivity contribution in [2.24, 2.45) is 5.92 Å². The lowest BCUT2D eigenvalue weighted by atomic mass is 9.93. The largest absolute Gasteiger partial charge is 0.481 e. The van der Waals surface area contributed by atoms with Crippen LogP contribution in [0.15, 0.2) is 11.6 Å². The van der Waals surface area contributed by atoms with Crippen molar-refractivity contribution in [2.75, 3.05) is 7.11 Å². The Bertz CT molecular complexity index is 280. The van der Waals surface area contributed by atoms with Gasteiger partial charge in [-0.05, 0) is 12.5 Å². The molecule has 0 aromatic rings. The number of methoxy groups -OCH3 is 1. The standard InChI is InChI=1S/C10H14O5/c1-3-7(6-11)8(4-9(12)13)5-10(14)15-2/h3,6,8H,4-5H2,1-2H3,(H,12,13)/b7-3-/t8-/m0/s1. The molecule has 0 radical (unpaired) electrons. The van der Waals surface area contributed by atoms with Crippen molar-refractivity contribution < 1.29 is 24.2 Å². The van der Waals surface area contributed by atoms with Crippen LogP contribution in [0.25, 0.3) is 0 Å². The van der Waals surface area contributed by atoms with Gasteiger partial charge in [-0.2, -0.15) is 0 Å². The minimum atomic E-state index is -1.05. The fourth-order valence-corrected chi connectivity index (χ4v) is 1.20. The van der Waals surface area contributed by atoms with Crippen LogP contribution in [0, 0.1) is 5.92 Å². The molecule has 0 amide bonds. The summed E-state index contributed by atoms with van der Waals surface area (Å²) in [5.74, 6) is -2.19. The first-order valence-electron chi connectivity index (χ1n) is 4.45. The third-order valence-corrected chi connectivity index (χ3v) is 2.00. The Morgan fingerprint density at radius 2 is 2.00 bits per heavy atom. The van der Waals surface area contributed by atoms with Gasteiger partial charge in [-0.3, -0.25) is 14.4 Å². The molecule has 0 aliphatic carbocycles. The van der Waals surface area contributed by atoms with Crippen LogP contribution in [-0.4, -0.2) is 30.4 Å². The molecule has 0 aromatic carbocycles. The molecule has 84 valence electrons. The van der Waals surface area contributed by atoms with Crippen LogP contribution < -0.4 is 0 Å². The number of hydrogen-bond donors (Lipinski definition) is 1. The zero-order chi connectivity index (χ0) is 11.8. The number of aliphatic carboxylic acids is 1. The zero-order valence-electron chi connectivity index (χ0n) is 8.73. The van der Waals surface area contributed by atoms with Crippen LogP contribution in [-0.2, 0) is 19.1 Å². The zero-order valence-corrected chi connectivity index (χ0v) is 8.73. The third-order valence-electron chi connectivity index (χ3n) is 2.00. The van der Waals surface area contributed by atoms with Gasteiger partial charge in [0.05, 0.1) is 20.0 Å². The lowest BCUT2D eigenvalue weighted by molar-refractivity contribution is -0.142. The van der Waals surface area contributed by atoms with Crippen LogP contribution in [0.5, 0.6) is 0 Å². The van der Waals surface area contributed by atoms with Gasteiger partial charge in [-0.15, -0.1) is 0 Å². The van der Waals surface area contributed by atoms with E-state index in [0.29, 0.717) is 11.9 Å². The van der Waals surface area contributed by atoms with Gasteiger partial charge in [-0.1, -0.05) is 6.08 Å². The predicted molar refractivity (Wildman–Crippen MR) is 52.2 cm³/mol. The van der Waals surface area contributed by atoms with Crippen molar-refractivity contribution in [1.82, 2.24) is 0 Å². The van der Waals surface area contributed by atoms with E-state index in [1.165, 1.54) is 13.2 Å². The number of carbonyl (C=O) groups excluding carboxylic acids is 2. The number of allylic oxidation sites excluding steroid dienone is 2. The average Bonchev–Trinajstić information content (AvgIpc) is 2.18. The van der Waals surface area contributed by atoms with E-state index < -0.39 is 17.9 Å². The SMILES string of the molecule is C/C=C(/C=O)[C@@H](CC(=O)O)CC(=O)OC. The van der Waals surface area contributed by atoms with E-state index in [4.69, 9.17) is 5.11 Å². The molecule has 0 saturated carbocycles. The molecule has 0 fully saturated rings. The summed E-state index contributed by atoms with van der Waals surface area (Å²) in [6, 6.07) is 0. The van der Waals surface area contributed by atoms with E-state index in [0.717, 1.165) is 0 Å². The second-order valence-electron chi connectivity index (χ2n) is 2.98. The van der Waals surface area contributed by atoms with E-state index in [1.807, 2.05) is 0 Å². The van der Waals surface area contributed by atoms with E-state index in [-0.39, 0.29) is 12.8 Å². The number of carbonyl (C=O) groups is 3. The third kappa shape index (κ3) is 4.95. The van der Waals surface area contributed by atoms with Crippen molar-refractivity contribution >= 4 is 18.2 Å². The maximum Gasteiger partial charge on any atom is 0.306 e. The molecule has 0 unspecified atom stereocenters.